The molecule has 2 aliphatic rings. The maximum atomic E-state index is 12.8. The number of aromatic nitrogens is 1. The summed E-state index contributed by atoms with van der Waals surface area (Å²) in [4.78, 5) is 18.0. The SMILES string of the molecule is CCCC(=O)N1CC2(CN(S(C)(=O)=O)C2)c2c([nH]c3cc(OC)ccc23)[C@@H]1CO. The molecule has 1 fully saturated rings. The van der Waals surface area contributed by atoms with Crippen molar-refractivity contribution in [3.8, 4) is 5.75 Å². The predicted molar refractivity (Wildman–Crippen MR) is 109 cm³/mol. The highest BCUT2D eigenvalue weighted by molar-refractivity contribution is 7.88. The molecule has 0 unspecified atom stereocenters. The molecule has 158 valence electrons. The molecule has 1 saturated heterocycles. The van der Waals surface area contributed by atoms with Crippen molar-refractivity contribution < 1.29 is 23.1 Å². The van der Waals surface area contributed by atoms with E-state index in [-0.39, 0.29) is 12.5 Å². The van der Waals surface area contributed by atoms with Gasteiger partial charge in [-0.1, -0.05) is 6.92 Å². The Morgan fingerprint density at radius 3 is 2.66 bits per heavy atom. The summed E-state index contributed by atoms with van der Waals surface area (Å²) < 4.78 is 30.9. The summed E-state index contributed by atoms with van der Waals surface area (Å²) in [6.45, 7) is 2.80. The molecule has 9 heteroatoms. The van der Waals surface area contributed by atoms with Crippen molar-refractivity contribution >= 4 is 26.8 Å². The molecule has 1 atom stereocenters. The second-order valence-corrected chi connectivity index (χ2v) is 10.1. The zero-order valence-corrected chi connectivity index (χ0v) is 17.8. The van der Waals surface area contributed by atoms with E-state index < -0.39 is 21.5 Å². The Hall–Kier alpha value is -2.10. The largest absolute Gasteiger partial charge is 0.497 e. The number of sulfonamides is 1. The van der Waals surface area contributed by atoms with Crippen molar-refractivity contribution in [2.24, 2.45) is 0 Å². The number of H-pyrrole nitrogens is 1. The van der Waals surface area contributed by atoms with Gasteiger partial charge in [-0.3, -0.25) is 4.79 Å². The fourth-order valence-electron chi connectivity index (χ4n) is 4.75. The lowest BCUT2D eigenvalue weighted by molar-refractivity contribution is -0.138. The molecule has 0 aliphatic carbocycles. The van der Waals surface area contributed by atoms with E-state index in [9.17, 15) is 18.3 Å². The molecule has 0 saturated carbocycles. The van der Waals surface area contributed by atoms with Crippen LogP contribution in [-0.4, -0.2) is 73.2 Å². The van der Waals surface area contributed by atoms with E-state index in [1.54, 1.807) is 12.0 Å². The molecule has 0 radical (unpaired) electrons. The number of nitrogens with one attached hydrogen (secondary N) is 1. The second kappa shape index (κ2) is 7.00. The minimum atomic E-state index is -3.31. The number of hydrogen-bond donors (Lipinski definition) is 2. The lowest BCUT2D eigenvalue weighted by Gasteiger charge is -2.55. The molecule has 1 aromatic heterocycles. The van der Waals surface area contributed by atoms with Gasteiger partial charge in [-0.2, -0.15) is 0 Å². The first-order valence-corrected chi connectivity index (χ1v) is 11.6. The Morgan fingerprint density at radius 2 is 2.07 bits per heavy atom. The van der Waals surface area contributed by atoms with Gasteiger partial charge in [-0.25, -0.2) is 12.7 Å². The van der Waals surface area contributed by atoms with E-state index in [4.69, 9.17) is 4.74 Å². The Bertz CT molecular complexity index is 1060. The van der Waals surface area contributed by atoms with Crippen LogP contribution in [0.3, 0.4) is 0 Å². The van der Waals surface area contributed by atoms with Crippen molar-refractivity contribution in [1.29, 1.82) is 0 Å². The normalized spacial score (nSPS) is 21.2. The van der Waals surface area contributed by atoms with Gasteiger partial charge in [0.2, 0.25) is 15.9 Å². The summed E-state index contributed by atoms with van der Waals surface area (Å²) in [5.74, 6) is 0.682. The number of aliphatic hydroxyl groups excluding tert-OH is 1. The molecule has 2 N–H and O–H groups in total. The number of aromatic amines is 1. The zero-order valence-electron chi connectivity index (χ0n) is 16.9. The van der Waals surface area contributed by atoms with Gasteiger partial charge in [0.05, 0.1) is 26.0 Å². The van der Waals surface area contributed by atoms with Gasteiger partial charge >= 0.3 is 0 Å². The molecule has 2 aromatic rings. The summed E-state index contributed by atoms with van der Waals surface area (Å²) in [6, 6.07) is 5.26. The number of fused-ring (bicyclic) bond motifs is 4. The van der Waals surface area contributed by atoms with Crippen molar-refractivity contribution in [2.45, 2.75) is 31.2 Å². The number of benzene rings is 1. The highest BCUT2D eigenvalue weighted by Crippen LogP contribution is 2.49. The maximum Gasteiger partial charge on any atom is 0.223 e. The van der Waals surface area contributed by atoms with Crippen LogP contribution >= 0.6 is 0 Å². The molecule has 3 heterocycles. The van der Waals surface area contributed by atoms with E-state index in [0.717, 1.165) is 22.2 Å². The van der Waals surface area contributed by atoms with Crippen LogP contribution in [0.4, 0.5) is 0 Å². The zero-order chi connectivity index (χ0) is 21.0. The molecule has 1 aromatic carbocycles. The summed E-state index contributed by atoms with van der Waals surface area (Å²) in [7, 11) is -1.71. The van der Waals surface area contributed by atoms with Gasteiger partial charge in [0, 0.05) is 54.1 Å². The van der Waals surface area contributed by atoms with Crippen LogP contribution in [0, 0.1) is 0 Å². The first-order chi connectivity index (χ1) is 13.7. The first kappa shape index (κ1) is 20.2. The monoisotopic (exact) mass is 421 g/mol. The number of methoxy groups -OCH3 is 1. The van der Waals surface area contributed by atoms with Crippen LogP contribution in [0.5, 0.6) is 5.75 Å². The minimum Gasteiger partial charge on any atom is -0.497 e. The van der Waals surface area contributed by atoms with Crippen LogP contribution in [-0.2, 0) is 20.2 Å². The predicted octanol–water partition coefficient (Wildman–Crippen LogP) is 1.37. The number of carbonyl (C=O) groups is 1. The highest BCUT2D eigenvalue weighted by Gasteiger charge is 2.55. The van der Waals surface area contributed by atoms with Gasteiger partial charge in [0.1, 0.15) is 5.75 Å². The van der Waals surface area contributed by atoms with Crippen LogP contribution in [0.1, 0.15) is 37.1 Å². The third kappa shape index (κ3) is 3.12. The third-order valence-corrected chi connectivity index (χ3v) is 7.33. The van der Waals surface area contributed by atoms with E-state index in [1.165, 1.54) is 10.6 Å². The van der Waals surface area contributed by atoms with Gasteiger partial charge in [0.25, 0.3) is 0 Å². The Labute approximate surface area is 170 Å². The summed E-state index contributed by atoms with van der Waals surface area (Å²) in [5, 5.41) is 11.1. The van der Waals surface area contributed by atoms with Crippen molar-refractivity contribution in [3.63, 3.8) is 0 Å². The molecule has 0 bridgehead atoms. The number of nitrogens with zero attached hydrogens (tertiary/aromatic N) is 2. The average molecular weight is 422 g/mol. The number of rotatable bonds is 5. The number of aliphatic hydroxyl groups is 1. The molecule has 4 rings (SSSR count). The molecule has 2 aliphatic heterocycles. The van der Waals surface area contributed by atoms with Crippen molar-refractivity contribution in [1.82, 2.24) is 14.2 Å². The van der Waals surface area contributed by atoms with Crippen LogP contribution in [0.25, 0.3) is 10.9 Å². The molecule has 1 spiro atoms. The lowest BCUT2D eigenvalue weighted by Crippen LogP contribution is -2.67. The minimum absolute atomic E-state index is 0.0226. The molecule has 1 amide bonds. The Morgan fingerprint density at radius 1 is 1.34 bits per heavy atom. The topological polar surface area (TPSA) is 103 Å². The summed E-state index contributed by atoms with van der Waals surface area (Å²) in [6.07, 6.45) is 2.32. The molecular formula is C20H27N3O5S. The van der Waals surface area contributed by atoms with Crippen LogP contribution in [0.15, 0.2) is 18.2 Å². The van der Waals surface area contributed by atoms with E-state index in [1.807, 2.05) is 25.1 Å². The van der Waals surface area contributed by atoms with E-state index in [0.29, 0.717) is 38.2 Å². The van der Waals surface area contributed by atoms with Crippen LogP contribution < -0.4 is 4.74 Å². The smallest absolute Gasteiger partial charge is 0.223 e. The quantitative estimate of drug-likeness (QED) is 0.759. The van der Waals surface area contributed by atoms with Gasteiger partial charge in [-0.15, -0.1) is 0 Å². The Balaban J connectivity index is 1.87. The maximum absolute atomic E-state index is 12.8. The van der Waals surface area contributed by atoms with Crippen LogP contribution in [0.2, 0.25) is 0 Å². The average Bonchev–Trinajstić information content (AvgIpc) is 3.02. The molecular weight excluding hydrogens is 394 g/mol. The second-order valence-electron chi connectivity index (χ2n) is 8.11. The van der Waals surface area contributed by atoms with Crippen molar-refractivity contribution in [2.75, 3.05) is 39.6 Å². The lowest BCUT2D eigenvalue weighted by atomic mass is 9.70. The molecule has 8 nitrogen and oxygen atoms in total. The summed E-state index contributed by atoms with van der Waals surface area (Å²) in [5.41, 5.74) is 2.17. The third-order valence-electron chi connectivity index (χ3n) is 6.13. The van der Waals surface area contributed by atoms with Crippen molar-refractivity contribution in [3.05, 3.63) is 29.5 Å². The van der Waals surface area contributed by atoms with Gasteiger partial charge in [0.15, 0.2) is 0 Å². The fourth-order valence-corrected chi connectivity index (χ4v) is 5.71. The summed E-state index contributed by atoms with van der Waals surface area (Å²) >= 11 is 0. The standard InChI is InChI=1S/C20H27N3O5S/c1-4-5-17(25)23-12-20(10-22(11-20)29(3,26)27)18-14-7-6-13(28-2)8-15(14)21-19(18)16(23)9-24/h6-8,16,21,24H,4-5,9-12H2,1-3H3/t16-/m0/s1. The first-order valence-electron chi connectivity index (χ1n) is 9.79. The highest BCUT2D eigenvalue weighted by atomic mass is 32.2. The van der Waals surface area contributed by atoms with E-state index >= 15 is 0 Å². The number of ether oxygens (including phenoxy) is 1. The van der Waals surface area contributed by atoms with Gasteiger partial charge in [-0.05, 0) is 24.1 Å². The van der Waals surface area contributed by atoms with Gasteiger partial charge < -0.3 is 19.7 Å². The fraction of sp³-hybridized carbons (Fsp3) is 0.550. The molecule has 29 heavy (non-hydrogen) atoms. The number of amides is 1. The van der Waals surface area contributed by atoms with E-state index in [2.05, 4.69) is 4.98 Å². The Kier molecular flexibility index (Phi) is 4.87. The number of hydrogen-bond acceptors (Lipinski definition) is 5. The number of carbonyl (C=O) groups excluding carboxylic acids is 1.